The van der Waals surface area contributed by atoms with E-state index in [9.17, 15) is 0 Å². The van der Waals surface area contributed by atoms with Crippen LogP contribution in [0.3, 0.4) is 0 Å². The first-order valence-electron chi connectivity index (χ1n) is 6.41. The van der Waals surface area contributed by atoms with Crippen molar-refractivity contribution in [1.82, 2.24) is 9.78 Å². The van der Waals surface area contributed by atoms with Crippen molar-refractivity contribution in [3.63, 3.8) is 0 Å². The maximum atomic E-state index is 6.29. The molecule has 0 aliphatic rings. The number of hydrogen-bond donors (Lipinski definition) is 1. The Morgan fingerprint density at radius 2 is 1.89 bits per heavy atom. The molecule has 0 saturated heterocycles. The Labute approximate surface area is 114 Å². The van der Waals surface area contributed by atoms with Crippen LogP contribution in [0, 0.1) is 13.8 Å². The second-order valence-corrected chi connectivity index (χ2v) is 4.86. The fraction of sp³-hybridized carbons (Fsp3) is 0.400. The number of rotatable bonds is 4. The van der Waals surface area contributed by atoms with Crippen LogP contribution in [0.4, 0.5) is 0 Å². The van der Waals surface area contributed by atoms with Crippen LogP contribution in [0.25, 0.3) is 0 Å². The Bertz CT molecular complexity index is 558. The summed E-state index contributed by atoms with van der Waals surface area (Å²) in [5.41, 5.74) is 10.9. The van der Waals surface area contributed by atoms with Crippen molar-refractivity contribution in [2.45, 2.75) is 26.3 Å². The maximum absolute atomic E-state index is 6.29. The minimum absolute atomic E-state index is 0.0208. The molecule has 1 atom stereocenters. The molecule has 0 aliphatic carbocycles. The molecule has 102 valence electrons. The lowest BCUT2D eigenvalue weighted by Gasteiger charge is -2.13. The fourth-order valence-electron chi connectivity index (χ4n) is 2.30. The summed E-state index contributed by atoms with van der Waals surface area (Å²) in [4.78, 5) is 0. The third-order valence-corrected chi connectivity index (χ3v) is 3.63. The molecule has 0 radical (unpaired) electrons. The van der Waals surface area contributed by atoms with Crippen LogP contribution in [0.2, 0.25) is 0 Å². The molecule has 1 aromatic carbocycles. The van der Waals surface area contributed by atoms with E-state index in [1.807, 2.05) is 42.9 Å². The molecule has 0 amide bonds. The molecule has 0 saturated carbocycles. The first-order chi connectivity index (χ1) is 9.02. The Morgan fingerprint density at radius 3 is 2.37 bits per heavy atom. The minimum Gasteiger partial charge on any atom is -0.497 e. The van der Waals surface area contributed by atoms with Gasteiger partial charge in [0.1, 0.15) is 5.75 Å². The van der Waals surface area contributed by atoms with Crippen LogP contribution in [0.1, 0.15) is 28.6 Å². The molecule has 19 heavy (non-hydrogen) atoms. The molecule has 1 unspecified atom stereocenters. The first kappa shape index (κ1) is 13.6. The van der Waals surface area contributed by atoms with Crippen LogP contribution in [0.15, 0.2) is 24.3 Å². The lowest BCUT2D eigenvalue weighted by molar-refractivity contribution is 0.414. The molecule has 0 fully saturated rings. The van der Waals surface area contributed by atoms with E-state index in [-0.39, 0.29) is 6.04 Å². The van der Waals surface area contributed by atoms with Crippen molar-refractivity contribution in [2.24, 2.45) is 12.8 Å². The Hall–Kier alpha value is -1.81. The Kier molecular flexibility index (Phi) is 3.90. The summed E-state index contributed by atoms with van der Waals surface area (Å²) in [7, 11) is 3.63. The predicted octanol–water partition coefficient (Wildman–Crippen LogP) is 2.29. The number of aryl methyl sites for hydroxylation is 2. The monoisotopic (exact) mass is 259 g/mol. The largest absolute Gasteiger partial charge is 0.497 e. The van der Waals surface area contributed by atoms with E-state index in [2.05, 4.69) is 12.0 Å². The lowest BCUT2D eigenvalue weighted by Crippen LogP contribution is -2.14. The van der Waals surface area contributed by atoms with Crippen LogP contribution >= 0.6 is 0 Å². The Morgan fingerprint density at radius 1 is 1.26 bits per heavy atom. The minimum atomic E-state index is -0.0208. The zero-order chi connectivity index (χ0) is 14.0. The molecule has 2 aromatic rings. The van der Waals surface area contributed by atoms with Crippen molar-refractivity contribution in [1.29, 1.82) is 0 Å². The first-order valence-corrected chi connectivity index (χ1v) is 6.41. The van der Waals surface area contributed by atoms with Gasteiger partial charge in [-0.2, -0.15) is 5.10 Å². The van der Waals surface area contributed by atoms with Crippen LogP contribution in [-0.4, -0.2) is 16.9 Å². The summed E-state index contributed by atoms with van der Waals surface area (Å²) in [6.07, 6.45) is 0.803. The molecule has 4 nitrogen and oxygen atoms in total. The summed E-state index contributed by atoms with van der Waals surface area (Å²) in [6, 6.07) is 7.90. The van der Waals surface area contributed by atoms with Gasteiger partial charge in [-0.3, -0.25) is 4.68 Å². The number of nitrogens with two attached hydrogens (primary N) is 1. The van der Waals surface area contributed by atoms with Gasteiger partial charge >= 0.3 is 0 Å². The zero-order valence-corrected chi connectivity index (χ0v) is 12.0. The highest BCUT2D eigenvalue weighted by Gasteiger charge is 2.14. The van der Waals surface area contributed by atoms with Crippen LogP contribution in [0.5, 0.6) is 5.75 Å². The smallest absolute Gasteiger partial charge is 0.118 e. The zero-order valence-electron chi connectivity index (χ0n) is 12.0. The van der Waals surface area contributed by atoms with Gasteiger partial charge in [0.05, 0.1) is 12.8 Å². The summed E-state index contributed by atoms with van der Waals surface area (Å²) >= 11 is 0. The third kappa shape index (κ3) is 2.79. The summed E-state index contributed by atoms with van der Waals surface area (Å²) in [5.74, 6) is 0.852. The average molecular weight is 259 g/mol. The quantitative estimate of drug-likeness (QED) is 0.916. The molecule has 1 heterocycles. The van der Waals surface area contributed by atoms with Crippen molar-refractivity contribution < 1.29 is 4.74 Å². The molecule has 0 aliphatic heterocycles. The van der Waals surface area contributed by atoms with E-state index in [1.165, 1.54) is 11.3 Å². The molecule has 0 bridgehead atoms. The summed E-state index contributed by atoms with van der Waals surface area (Å²) < 4.78 is 7.06. The van der Waals surface area contributed by atoms with Gasteiger partial charge in [0.15, 0.2) is 0 Å². The number of aromatic nitrogens is 2. The summed E-state index contributed by atoms with van der Waals surface area (Å²) in [6.45, 7) is 4.11. The fourth-order valence-corrected chi connectivity index (χ4v) is 2.30. The number of methoxy groups -OCH3 is 1. The molecule has 1 aromatic heterocycles. The standard InChI is InChI=1S/C15H21N3O/c1-10-14(11(2)18(3)17-10)9-15(16)12-5-7-13(19-4)8-6-12/h5-8,15H,9,16H2,1-4H3. The molecule has 4 heteroatoms. The topological polar surface area (TPSA) is 53.1 Å². The van der Waals surface area contributed by atoms with Gasteiger partial charge < -0.3 is 10.5 Å². The van der Waals surface area contributed by atoms with Crippen LogP contribution < -0.4 is 10.5 Å². The molecular formula is C15H21N3O. The van der Waals surface area contributed by atoms with Gasteiger partial charge in [0, 0.05) is 18.8 Å². The van der Waals surface area contributed by atoms with Gasteiger partial charge in [0.2, 0.25) is 0 Å². The number of nitrogens with zero attached hydrogens (tertiary/aromatic N) is 2. The third-order valence-electron chi connectivity index (χ3n) is 3.63. The molecule has 2 N–H and O–H groups in total. The van der Waals surface area contributed by atoms with Crippen molar-refractivity contribution >= 4 is 0 Å². The van der Waals surface area contributed by atoms with E-state index < -0.39 is 0 Å². The van der Waals surface area contributed by atoms with Crippen molar-refractivity contribution in [2.75, 3.05) is 7.11 Å². The van der Waals surface area contributed by atoms with E-state index in [0.717, 1.165) is 23.4 Å². The van der Waals surface area contributed by atoms with E-state index >= 15 is 0 Å². The van der Waals surface area contributed by atoms with Gasteiger partial charge in [-0.1, -0.05) is 12.1 Å². The van der Waals surface area contributed by atoms with E-state index in [1.54, 1.807) is 7.11 Å². The van der Waals surface area contributed by atoms with Gasteiger partial charge in [-0.05, 0) is 43.5 Å². The number of benzene rings is 1. The highest BCUT2D eigenvalue weighted by atomic mass is 16.5. The molecular weight excluding hydrogens is 238 g/mol. The number of hydrogen-bond acceptors (Lipinski definition) is 3. The van der Waals surface area contributed by atoms with E-state index in [0.29, 0.717) is 0 Å². The van der Waals surface area contributed by atoms with Gasteiger partial charge in [0.25, 0.3) is 0 Å². The highest BCUT2D eigenvalue weighted by molar-refractivity contribution is 5.32. The van der Waals surface area contributed by atoms with E-state index in [4.69, 9.17) is 10.5 Å². The van der Waals surface area contributed by atoms with Gasteiger partial charge in [-0.15, -0.1) is 0 Å². The number of ether oxygens (including phenoxy) is 1. The van der Waals surface area contributed by atoms with Crippen molar-refractivity contribution in [3.8, 4) is 5.75 Å². The predicted molar refractivity (Wildman–Crippen MR) is 76.3 cm³/mol. The second kappa shape index (κ2) is 5.45. The summed E-state index contributed by atoms with van der Waals surface area (Å²) in [5, 5.41) is 4.43. The normalized spacial score (nSPS) is 12.5. The highest BCUT2D eigenvalue weighted by Crippen LogP contribution is 2.22. The lowest BCUT2D eigenvalue weighted by atomic mass is 9.98. The SMILES string of the molecule is COc1ccc(C(N)Cc2c(C)nn(C)c2C)cc1. The second-order valence-electron chi connectivity index (χ2n) is 4.86. The Balaban J connectivity index is 2.17. The molecule has 0 spiro atoms. The molecule has 2 rings (SSSR count). The van der Waals surface area contributed by atoms with Crippen molar-refractivity contribution in [3.05, 3.63) is 46.8 Å². The van der Waals surface area contributed by atoms with Gasteiger partial charge in [-0.25, -0.2) is 0 Å². The average Bonchev–Trinajstić information content (AvgIpc) is 2.65. The maximum Gasteiger partial charge on any atom is 0.118 e. The van der Waals surface area contributed by atoms with Crippen LogP contribution in [-0.2, 0) is 13.5 Å².